The number of carboxylic acid groups (broad SMARTS) is 1. The standard InChI is InChI=1S/C32H40F3N7O10/c1-3-50-31(49)52-40-16-14-39(15-17-40)30(48)22(11-12-26(43)44)37-27(45)23-18-25(42(38-23)21-8-5-4-6-9-21)51-20(2)29(47)41-13-7-10-24(41)28(46)36-19-32(33,34)35/h4-6,8-9,18,20,22,24H,3,7,10-17,19H2,1-2H3,(H,36,46)(H,37,45)(H,43,44)/t20-,22-,24-/m0/s1. The van der Waals surface area contributed by atoms with Gasteiger partial charge in [-0.1, -0.05) is 18.2 Å². The number of aliphatic carboxylic acids is 1. The van der Waals surface area contributed by atoms with Crippen LogP contribution in [-0.4, -0.2) is 136 Å². The maximum atomic E-state index is 13.6. The molecule has 2 aliphatic heterocycles. The van der Waals surface area contributed by atoms with Crippen LogP contribution in [0.2, 0.25) is 0 Å². The maximum absolute atomic E-state index is 13.6. The van der Waals surface area contributed by atoms with Crippen molar-refractivity contribution in [2.75, 3.05) is 45.9 Å². The zero-order valence-electron chi connectivity index (χ0n) is 28.5. The second-order valence-corrected chi connectivity index (χ2v) is 11.9. The summed E-state index contributed by atoms with van der Waals surface area (Å²) in [6, 6.07) is 7.18. The van der Waals surface area contributed by atoms with Gasteiger partial charge >= 0.3 is 18.3 Å². The van der Waals surface area contributed by atoms with Gasteiger partial charge in [0.1, 0.15) is 18.6 Å². The fourth-order valence-corrected chi connectivity index (χ4v) is 5.61. The molecule has 2 aromatic rings. The number of amides is 4. The Labute approximate surface area is 295 Å². The summed E-state index contributed by atoms with van der Waals surface area (Å²) in [6.45, 7) is 2.17. The average Bonchev–Trinajstić information content (AvgIpc) is 3.77. The predicted octanol–water partition coefficient (Wildman–Crippen LogP) is 1.50. The van der Waals surface area contributed by atoms with Crippen LogP contribution in [0.25, 0.3) is 5.69 Å². The van der Waals surface area contributed by atoms with Crippen LogP contribution in [0.15, 0.2) is 36.4 Å². The van der Waals surface area contributed by atoms with Gasteiger partial charge in [0.25, 0.3) is 11.8 Å². The Bertz CT molecular complexity index is 1600. The Kier molecular flexibility index (Phi) is 13.4. The lowest BCUT2D eigenvalue weighted by Crippen LogP contribution is -2.55. The van der Waals surface area contributed by atoms with Gasteiger partial charge in [0.05, 0.1) is 25.4 Å². The van der Waals surface area contributed by atoms with E-state index in [1.165, 1.54) is 27.6 Å². The predicted molar refractivity (Wildman–Crippen MR) is 172 cm³/mol. The third kappa shape index (κ3) is 10.8. The van der Waals surface area contributed by atoms with E-state index in [-0.39, 0.29) is 63.7 Å². The summed E-state index contributed by atoms with van der Waals surface area (Å²) in [5.74, 6) is -4.32. The molecule has 0 bridgehead atoms. The van der Waals surface area contributed by atoms with Crippen LogP contribution in [0.4, 0.5) is 18.0 Å². The molecular weight excluding hydrogens is 699 g/mol. The summed E-state index contributed by atoms with van der Waals surface area (Å²) in [4.78, 5) is 83.7. The first kappa shape index (κ1) is 39.4. The van der Waals surface area contributed by atoms with E-state index < -0.39 is 73.1 Å². The molecule has 4 rings (SSSR count). The van der Waals surface area contributed by atoms with Crippen LogP contribution in [0.1, 0.15) is 50.0 Å². The molecular formula is C32H40F3N7O10. The number of hydrogen-bond acceptors (Lipinski definition) is 11. The monoisotopic (exact) mass is 739 g/mol. The van der Waals surface area contributed by atoms with Gasteiger partial charge < -0.3 is 39.9 Å². The van der Waals surface area contributed by atoms with Crippen molar-refractivity contribution in [1.29, 1.82) is 0 Å². The van der Waals surface area contributed by atoms with Gasteiger partial charge in [-0.3, -0.25) is 24.0 Å². The first-order valence-electron chi connectivity index (χ1n) is 16.5. The molecule has 52 heavy (non-hydrogen) atoms. The van der Waals surface area contributed by atoms with Gasteiger partial charge in [0.15, 0.2) is 11.8 Å². The molecule has 4 amide bonds. The van der Waals surface area contributed by atoms with Crippen molar-refractivity contribution in [3.05, 3.63) is 42.1 Å². The second-order valence-electron chi connectivity index (χ2n) is 11.9. The molecule has 0 radical (unpaired) electrons. The van der Waals surface area contributed by atoms with Gasteiger partial charge in [0, 0.05) is 32.1 Å². The number of carbonyl (C=O) groups excluding carboxylic acids is 5. The zero-order valence-corrected chi connectivity index (χ0v) is 28.5. The lowest BCUT2D eigenvalue weighted by molar-refractivity contribution is -0.157. The molecule has 2 aliphatic rings. The fourth-order valence-electron chi connectivity index (χ4n) is 5.61. The zero-order chi connectivity index (χ0) is 38.0. The van der Waals surface area contributed by atoms with Crippen molar-refractivity contribution in [3.8, 4) is 11.6 Å². The molecule has 3 N–H and O–H groups in total. The number of hydrogen-bond donors (Lipinski definition) is 3. The van der Waals surface area contributed by atoms with Crippen LogP contribution < -0.4 is 15.4 Å². The molecule has 2 fully saturated rings. The van der Waals surface area contributed by atoms with Gasteiger partial charge in [-0.15, -0.1) is 5.06 Å². The molecule has 284 valence electrons. The van der Waals surface area contributed by atoms with Crippen LogP contribution in [-0.2, 0) is 28.8 Å². The van der Waals surface area contributed by atoms with Crippen molar-refractivity contribution in [3.63, 3.8) is 0 Å². The normalized spacial score (nSPS) is 17.5. The quantitative estimate of drug-likeness (QED) is 0.236. The van der Waals surface area contributed by atoms with Gasteiger partial charge in [-0.2, -0.15) is 18.3 Å². The number of nitrogens with one attached hydrogen (secondary N) is 2. The molecule has 0 saturated carbocycles. The lowest BCUT2D eigenvalue weighted by Gasteiger charge is -2.35. The first-order valence-corrected chi connectivity index (χ1v) is 16.5. The fraction of sp³-hybridized carbons (Fsp3) is 0.531. The molecule has 17 nitrogen and oxygen atoms in total. The number of carboxylic acids is 1. The Morgan fingerprint density at radius 3 is 2.35 bits per heavy atom. The molecule has 2 saturated heterocycles. The minimum Gasteiger partial charge on any atom is -0.481 e. The summed E-state index contributed by atoms with van der Waals surface area (Å²) in [6.07, 6.45) is -6.94. The topological polar surface area (TPSA) is 202 Å². The average molecular weight is 740 g/mol. The number of aromatic nitrogens is 2. The van der Waals surface area contributed by atoms with E-state index >= 15 is 0 Å². The third-order valence-corrected chi connectivity index (χ3v) is 8.12. The van der Waals surface area contributed by atoms with Gasteiger partial charge in [-0.25, -0.2) is 9.48 Å². The molecule has 0 unspecified atom stereocenters. The highest BCUT2D eigenvalue weighted by Crippen LogP contribution is 2.24. The van der Waals surface area contributed by atoms with E-state index in [0.717, 1.165) is 4.90 Å². The Balaban J connectivity index is 1.49. The number of alkyl halides is 3. The minimum atomic E-state index is -4.62. The van der Waals surface area contributed by atoms with Crippen LogP contribution in [0, 0.1) is 0 Å². The van der Waals surface area contributed by atoms with Gasteiger partial charge in [0.2, 0.25) is 17.7 Å². The van der Waals surface area contributed by atoms with E-state index in [2.05, 4.69) is 10.4 Å². The van der Waals surface area contributed by atoms with E-state index in [0.29, 0.717) is 12.1 Å². The number of halogens is 3. The van der Waals surface area contributed by atoms with E-state index in [1.807, 2.05) is 5.32 Å². The van der Waals surface area contributed by atoms with Crippen molar-refractivity contribution in [2.45, 2.75) is 63.9 Å². The molecule has 20 heteroatoms. The number of likely N-dealkylation sites (tertiary alicyclic amines) is 1. The summed E-state index contributed by atoms with van der Waals surface area (Å²) in [5, 5.41) is 19.3. The summed E-state index contributed by atoms with van der Waals surface area (Å²) in [7, 11) is 0. The highest BCUT2D eigenvalue weighted by Gasteiger charge is 2.39. The number of benzene rings is 1. The van der Waals surface area contributed by atoms with Crippen molar-refractivity contribution in [2.24, 2.45) is 0 Å². The molecule has 1 aromatic carbocycles. The smallest absolute Gasteiger partial charge is 0.481 e. The number of ether oxygens (including phenoxy) is 2. The highest BCUT2D eigenvalue weighted by molar-refractivity contribution is 5.96. The van der Waals surface area contributed by atoms with Crippen molar-refractivity contribution >= 4 is 35.8 Å². The first-order chi connectivity index (χ1) is 24.7. The Morgan fingerprint density at radius 1 is 1.02 bits per heavy atom. The highest BCUT2D eigenvalue weighted by atomic mass is 19.4. The van der Waals surface area contributed by atoms with Crippen LogP contribution >= 0.6 is 0 Å². The molecule has 0 aliphatic carbocycles. The third-order valence-electron chi connectivity index (χ3n) is 8.12. The summed E-state index contributed by atoms with van der Waals surface area (Å²) < 4.78 is 50.0. The Morgan fingerprint density at radius 2 is 1.71 bits per heavy atom. The molecule has 3 atom stereocenters. The number of rotatable bonds is 14. The largest absolute Gasteiger partial charge is 0.527 e. The summed E-state index contributed by atoms with van der Waals surface area (Å²) in [5.41, 5.74) is 0.174. The van der Waals surface area contributed by atoms with E-state index in [1.54, 1.807) is 37.3 Å². The molecule has 1 aromatic heterocycles. The van der Waals surface area contributed by atoms with E-state index in [9.17, 15) is 47.0 Å². The van der Waals surface area contributed by atoms with Crippen LogP contribution in [0.5, 0.6) is 5.88 Å². The summed E-state index contributed by atoms with van der Waals surface area (Å²) >= 11 is 0. The van der Waals surface area contributed by atoms with Gasteiger partial charge in [-0.05, 0) is 45.2 Å². The van der Waals surface area contributed by atoms with Crippen molar-refractivity contribution in [1.82, 2.24) is 35.3 Å². The van der Waals surface area contributed by atoms with Crippen molar-refractivity contribution < 1.29 is 61.4 Å². The SMILES string of the molecule is CCOC(=O)ON1CCN(C(=O)[C@H](CCC(=O)O)NC(=O)c2cc(O[C@@H](C)C(=O)N3CCC[C@H]3C(=O)NCC(F)(F)F)n(-c3ccccc3)n2)CC1. The number of piperazine rings is 1. The molecule has 3 heterocycles. The number of para-hydroxylation sites is 1. The Hall–Kier alpha value is -5.40. The maximum Gasteiger partial charge on any atom is 0.527 e. The van der Waals surface area contributed by atoms with E-state index in [4.69, 9.17) is 14.3 Å². The minimum absolute atomic E-state index is 0.0828. The number of hydroxylamine groups is 2. The van der Waals surface area contributed by atoms with Crippen LogP contribution in [0.3, 0.4) is 0 Å². The second kappa shape index (κ2) is 17.7. The molecule has 0 spiro atoms. The lowest BCUT2D eigenvalue weighted by atomic mass is 10.1. The number of nitrogens with zero attached hydrogens (tertiary/aromatic N) is 5. The number of carbonyl (C=O) groups is 6.